The molecule has 19 heavy (non-hydrogen) atoms. The second kappa shape index (κ2) is 18.8. The summed E-state index contributed by atoms with van der Waals surface area (Å²) >= 11 is 20.6. The number of aliphatic hydroxyl groups excluding tert-OH is 2. The van der Waals surface area contributed by atoms with Gasteiger partial charge in [-0.1, -0.05) is 0 Å². The van der Waals surface area contributed by atoms with Crippen LogP contribution in [0.15, 0.2) is 0 Å². The summed E-state index contributed by atoms with van der Waals surface area (Å²) in [6.07, 6.45) is -0.774. The molecule has 1 aliphatic heterocycles. The number of hydrogen-bond acceptors (Lipinski definition) is 3. The second-order valence-corrected chi connectivity index (χ2v) is 4.46. The summed E-state index contributed by atoms with van der Waals surface area (Å²) in [5.41, 5.74) is 0. The Morgan fingerprint density at radius 3 is 1.58 bits per heavy atom. The fraction of sp³-hybridized carbons (Fsp3) is 0.900. The standard InChI is InChI=1S/C4H6ClNO.C3H6Cl2O.C3H5ClO.ClH/c1-6-3-4(7)2-5;4-1-3(6)2-5;4-1-3-2-5-3;/h4,7H,2-3H2;3,6H,1-2H2;3H,1-2H2;1H/p-1. The van der Waals surface area contributed by atoms with Crippen LogP contribution < -0.4 is 12.4 Å². The van der Waals surface area contributed by atoms with E-state index in [4.69, 9.17) is 67.9 Å². The number of nitrogens with zero attached hydrogens (tertiary/aromatic N) is 1. The smallest absolute Gasteiger partial charge is 0.241 e. The molecular formula is C10H17Cl5NO3-. The van der Waals surface area contributed by atoms with Crippen molar-refractivity contribution in [1.82, 2.24) is 0 Å². The van der Waals surface area contributed by atoms with Crippen LogP contribution in [-0.2, 0) is 4.74 Å². The monoisotopic (exact) mass is 374 g/mol. The zero-order valence-electron chi connectivity index (χ0n) is 10.1. The molecule has 9 heteroatoms. The quantitative estimate of drug-likeness (QED) is 0.366. The molecule has 0 bridgehead atoms. The third-order valence-electron chi connectivity index (χ3n) is 1.41. The summed E-state index contributed by atoms with van der Waals surface area (Å²) < 4.78 is 4.73. The summed E-state index contributed by atoms with van der Waals surface area (Å²) in [6, 6.07) is 0. The van der Waals surface area contributed by atoms with E-state index in [1.165, 1.54) is 0 Å². The van der Waals surface area contributed by atoms with Gasteiger partial charge in [0.1, 0.15) is 6.10 Å². The van der Waals surface area contributed by atoms with Gasteiger partial charge in [0, 0.05) is 11.8 Å². The van der Waals surface area contributed by atoms with E-state index in [0.29, 0.717) is 12.0 Å². The van der Waals surface area contributed by atoms with Crippen LogP contribution in [0, 0.1) is 6.57 Å². The summed E-state index contributed by atoms with van der Waals surface area (Å²) in [6.45, 7) is 7.24. The van der Waals surface area contributed by atoms with Crippen LogP contribution in [0.2, 0.25) is 0 Å². The van der Waals surface area contributed by atoms with Crippen molar-refractivity contribution >= 4 is 46.4 Å². The molecule has 0 aliphatic carbocycles. The van der Waals surface area contributed by atoms with Gasteiger partial charge in [0.15, 0.2) is 0 Å². The van der Waals surface area contributed by atoms with Gasteiger partial charge >= 0.3 is 0 Å². The van der Waals surface area contributed by atoms with Crippen molar-refractivity contribution in [2.24, 2.45) is 0 Å². The van der Waals surface area contributed by atoms with E-state index in [9.17, 15) is 0 Å². The molecule has 1 rings (SSSR count). The fourth-order valence-corrected chi connectivity index (χ4v) is 0.958. The number of ether oxygens (including phenoxy) is 1. The first-order valence-electron chi connectivity index (χ1n) is 5.10. The van der Waals surface area contributed by atoms with E-state index >= 15 is 0 Å². The highest BCUT2D eigenvalue weighted by Crippen LogP contribution is 2.08. The first-order valence-corrected chi connectivity index (χ1v) is 7.24. The number of hydrogen-bond donors (Lipinski definition) is 2. The highest BCUT2D eigenvalue weighted by molar-refractivity contribution is 6.21. The van der Waals surface area contributed by atoms with E-state index in [1.54, 1.807) is 0 Å². The summed E-state index contributed by atoms with van der Waals surface area (Å²) in [7, 11) is 0. The molecule has 0 amide bonds. The van der Waals surface area contributed by atoms with Crippen molar-refractivity contribution < 1.29 is 27.4 Å². The van der Waals surface area contributed by atoms with Crippen LogP contribution >= 0.6 is 46.4 Å². The van der Waals surface area contributed by atoms with Gasteiger partial charge in [0.2, 0.25) is 6.54 Å². The molecule has 0 aromatic carbocycles. The minimum atomic E-state index is -0.640. The molecule has 0 aromatic rings. The minimum absolute atomic E-state index is 0. The molecule has 1 aliphatic rings. The van der Waals surface area contributed by atoms with Gasteiger partial charge in [-0.2, -0.15) is 0 Å². The number of halogens is 5. The molecular weight excluding hydrogens is 359 g/mol. The van der Waals surface area contributed by atoms with Gasteiger partial charge in [-0.05, 0) is 0 Å². The van der Waals surface area contributed by atoms with Crippen LogP contribution in [0.4, 0.5) is 0 Å². The van der Waals surface area contributed by atoms with Crippen molar-refractivity contribution in [3.8, 4) is 0 Å². The Morgan fingerprint density at radius 2 is 1.53 bits per heavy atom. The third kappa shape index (κ3) is 24.2. The Balaban J connectivity index is -0.000000199. The summed E-state index contributed by atoms with van der Waals surface area (Å²) in [5, 5.41) is 16.9. The van der Waals surface area contributed by atoms with Gasteiger partial charge in [-0.15, -0.1) is 46.4 Å². The molecule has 116 valence electrons. The van der Waals surface area contributed by atoms with Gasteiger partial charge in [0.05, 0.1) is 30.6 Å². The molecule has 2 atom stereocenters. The van der Waals surface area contributed by atoms with Gasteiger partial charge < -0.3 is 32.2 Å². The van der Waals surface area contributed by atoms with Crippen LogP contribution in [0.1, 0.15) is 0 Å². The Hall–Kier alpha value is 0.820. The summed E-state index contributed by atoms with van der Waals surface area (Å²) in [5.74, 6) is 1.27. The molecule has 4 nitrogen and oxygen atoms in total. The van der Waals surface area contributed by atoms with E-state index in [2.05, 4.69) is 4.85 Å². The minimum Gasteiger partial charge on any atom is -1.00 e. The van der Waals surface area contributed by atoms with Crippen LogP contribution in [0.3, 0.4) is 0 Å². The van der Waals surface area contributed by atoms with Crippen molar-refractivity contribution in [2.75, 3.05) is 36.7 Å². The largest absolute Gasteiger partial charge is 1.00 e. The van der Waals surface area contributed by atoms with Crippen LogP contribution in [0.25, 0.3) is 4.85 Å². The SMILES string of the molecule is ClCC1CO1.OC(CCl)CCl.[C-]#[N+]CC(O)CCl.[Cl-]. The molecule has 0 radical (unpaired) electrons. The lowest BCUT2D eigenvalue weighted by Gasteiger charge is -1.94. The second-order valence-electron chi connectivity index (χ2n) is 3.22. The molecule has 0 spiro atoms. The van der Waals surface area contributed by atoms with Gasteiger partial charge in [-0.25, -0.2) is 6.57 Å². The predicted molar refractivity (Wildman–Crippen MR) is 76.1 cm³/mol. The predicted octanol–water partition coefficient (Wildman–Crippen LogP) is -1.04. The average molecular weight is 377 g/mol. The molecule has 1 fully saturated rings. The molecule has 2 N–H and O–H groups in total. The van der Waals surface area contributed by atoms with E-state index in [0.717, 1.165) is 6.61 Å². The molecule has 2 unspecified atom stereocenters. The number of alkyl halides is 4. The first kappa shape index (κ1) is 24.8. The van der Waals surface area contributed by atoms with Crippen molar-refractivity contribution in [1.29, 1.82) is 0 Å². The van der Waals surface area contributed by atoms with Crippen molar-refractivity contribution in [2.45, 2.75) is 18.3 Å². The fourth-order valence-electron chi connectivity index (χ4n) is 0.353. The topological polar surface area (TPSA) is 57.3 Å². The highest BCUT2D eigenvalue weighted by atomic mass is 35.5. The highest BCUT2D eigenvalue weighted by Gasteiger charge is 2.19. The zero-order valence-corrected chi connectivity index (χ0v) is 13.9. The van der Waals surface area contributed by atoms with Gasteiger partial charge in [-0.3, -0.25) is 0 Å². The van der Waals surface area contributed by atoms with E-state index in [-0.39, 0.29) is 36.6 Å². The van der Waals surface area contributed by atoms with Crippen molar-refractivity contribution in [3.05, 3.63) is 11.4 Å². The van der Waals surface area contributed by atoms with E-state index < -0.39 is 12.2 Å². The van der Waals surface area contributed by atoms with Gasteiger partial charge in [0.25, 0.3) is 0 Å². The maximum absolute atomic E-state index is 8.51. The van der Waals surface area contributed by atoms with Crippen molar-refractivity contribution in [3.63, 3.8) is 0 Å². The Morgan fingerprint density at radius 1 is 1.11 bits per heavy atom. The third-order valence-corrected chi connectivity index (χ3v) is 2.82. The lowest BCUT2D eigenvalue weighted by molar-refractivity contribution is -0.00000779. The number of rotatable bonds is 5. The van der Waals surface area contributed by atoms with E-state index in [1.807, 2.05) is 0 Å². The lowest BCUT2D eigenvalue weighted by atomic mass is 10.4. The normalized spacial score (nSPS) is 16.8. The van der Waals surface area contributed by atoms with Crippen LogP contribution in [0.5, 0.6) is 0 Å². The number of epoxide rings is 1. The Labute approximate surface area is 140 Å². The Bertz CT molecular complexity index is 210. The zero-order chi connectivity index (χ0) is 14.4. The van der Waals surface area contributed by atoms with Crippen LogP contribution in [-0.4, -0.2) is 65.2 Å². The maximum Gasteiger partial charge on any atom is 0.241 e. The maximum atomic E-state index is 8.51. The average Bonchev–Trinajstić information content (AvgIpc) is 3.23. The molecule has 1 heterocycles. The number of aliphatic hydroxyl groups is 2. The summed E-state index contributed by atoms with van der Waals surface area (Å²) in [4.78, 5) is 2.92. The lowest BCUT2D eigenvalue weighted by Crippen LogP contribution is -3.00. The molecule has 1 saturated heterocycles. The molecule has 0 saturated carbocycles. The Kier molecular flexibility index (Phi) is 24.6. The molecule has 0 aromatic heterocycles. The first-order chi connectivity index (χ1) is 8.55.